The summed E-state index contributed by atoms with van der Waals surface area (Å²) < 4.78 is 0. The first kappa shape index (κ1) is 12.9. The van der Waals surface area contributed by atoms with Gasteiger partial charge in [-0.1, -0.05) is 6.07 Å². The van der Waals surface area contributed by atoms with E-state index in [-0.39, 0.29) is 0 Å². The first-order chi connectivity index (χ1) is 9.81. The maximum absolute atomic E-state index is 5.62. The molecule has 1 aliphatic heterocycles. The van der Waals surface area contributed by atoms with Crippen molar-refractivity contribution in [3.05, 3.63) is 48.4 Å². The van der Waals surface area contributed by atoms with Crippen LogP contribution in [0.3, 0.4) is 0 Å². The lowest BCUT2D eigenvalue weighted by Crippen LogP contribution is -2.46. The second-order valence-electron chi connectivity index (χ2n) is 5.03. The minimum absolute atomic E-state index is 0.572. The van der Waals surface area contributed by atoms with Gasteiger partial charge in [-0.15, -0.1) is 0 Å². The van der Waals surface area contributed by atoms with Gasteiger partial charge in [-0.2, -0.15) is 0 Å². The highest BCUT2D eigenvalue weighted by atomic mass is 15.3. The van der Waals surface area contributed by atoms with Crippen LogP contribution in [0.1, 0.15) is 5.69 Å². The van der Waals surface area contributed by atoms with Crippen molar-refractivity contribution in [2.75, 3.05) is 36.8 Å². The lowest BCUT2D eigenvalue weighted by molar-refractivity contribution is 0.247. The van der Waals surface area contributed by atoms with Crippen molar-refractivity contribution in [3.8, 4) is 0 Å². The molecule has 2 aromatic rings. The number of anilines is 2. The van der Waals surface area contributed by atoms with Gasteiger partial charge < -0.3 is 10.6 Å². The summed E-state index contributed by atoms with van der Waals surface area (Å²) in [7, 11) is 0. The summed E-state index contributed by atoms with van der Waals surface area (Å²) in [6, 6.07) is 9.97. The van der Waals surface area contributed by atoms with Gasteiger partial charge in [-0.25, -0.2) is 4.98 Å². The Morgan fingerprint density at radius 3 is 2.50 bits per heavy atom. The molecule has 0 atom stereocenters. The highest BCUT2D eigenvalue weighted by Gasteiger charge is 2.17. The van der Waals surface area contributed by atoms with Gasteiger partial charge in [0.2, 0.25) is 0 Å². The van der Waals surface area contributed by atoms with E-state index in [1.165, 1.54) is 0 Å². The summed E-state index contributed by atoms with van der Waals surface area (Å²) in [6.45, 7) is 5.04. The molecule has 2 aromatic heterocycles. The number of rotatable bonds is 3. The molecular weight excluding hydrogens is 250 g/mol. The molecule has 104 valence electrons. The van der Waals surface area contributed by atoms with Crippen molar-refractivity contribution in [1.82, 2.24) is 14.9 Å². The van der Waals surface area contributed by atoms with Gasteiger partial charge in [-0.3, -0.25) is 9.88 Å². The van der Waals surface area contributed by atoms with Crippen LogP contribution in [0.5, 0.6) is 0 Å². The Bertz CT molecular complexity index is 532. The Morgan fingerprint density at radius 2 is 1.85 bits per heavy atom. The molecule has 0 radical (unpaired) electrons. The highest BCUT2D eigenvalue weighted by molar-refractivity contribution is 5.48. The van der Waals surface area contributed by atoms with Gasteiger partial charge >= 0.3 is 0 Å². The van der Waals surface area contributed by atoms with Crippen molar-refractivity contribution < 1.29 is 0 Å². The standard InChI is InChI=1S/C15H19N5/c16-15-5-4-14(11-18-15)20-9-7-19(8-10-20)12-13-3-1-2-6-17-13/h1-6,11H,7-10,12H2,(H2,16,18). The third kappa shape index (κ3) is 3.05. The van der Waals surface area contributed by atoms with Crippen LogP contribution >= 0.6 is 0 Å². The summed E-state index contributed by atoms with van der Waals surface area (Å²) in [5, 5.41) is 0. The molecule has 5 nitrogen and oxygen atoms in total. The number of nitrogens with zero attached hydrogens (tertiary/aromatic N) is 4. The zero-order valence-electron chi connectivity index (χ0n) is 11.4. The zero-order chi connectivity index (χ0) is 13.8. The van der Waals surface area contributed by atoms with E-state index in [9.17, 15) is 0 Å². The second kappa shape index (κ2) is 5.88. The smallest absolute Gasteiger partial charge is 0.123 e. The fraction of sp³-hybridized carbons (Fsp3) is 0.333. The molecule has 2 N–H and O–H groups in total. The van der Waals surface area contributed by atoms with Crippen LogP contribution in [-0.4, -0.2) is 41.0 Å². The first-order valence-corrected chi connectivity index (χ1v) is 6.90. The Hall–Kier alpha value is -2.14. The van der Waals surface area contributed by atoms with Crippen molar-refractivity contribution in [2.24, 2.45) is 0 Å². The minimum Gasteiger partial charge on any atom is -0.384 e. The Labute approximate surface area is 119 Å². The summed E-state index contributed by atoms with van der Waals surface area (Å²) in [5.41, 5.74) is 7.90. The van der Waals surface area contributed by atoms with Crippen LogP contribution in [-0.2, 0) is 6.54 Å². The number of piperazine rings is 1. The van der Waals surface area contributed by atoms with Crippen molar-refractivity contribution in [3.63, 3.8) is 0 Å². The van der Waals surface area contributed by atoms with Crippen LogP contribution in [0.25, 0.3) is 0 Å². The molecule has 0 amide bonds. The number of aromatic nitrogens is 2. The van der Waals surface area contributed by atoms with E-state index in [0.717, 1.165) is 44.1 Å². The third-order valence-electron chi connectivity index (χ3n) is 3.62. The Balaban J connectivity index is 1.55. The molecule has 0 aromatic carbocycles. The van der Waals surface area contributed by atoms with Crippen molar-refractivity contribution >= 4 is 11.5 Å². The van der Waals surface area contributed by atoms with Gasteiger partial charge in [0.05, 0.1) is 17.6 Å². The zero-order valence-corrected chi connectivity index (χ0v) is 11.4. The fourth-order valence-corrected chi connectivity index (χ4v) is 2.47. The third-order valence-corrected chi connectivity index (χ3v) is 3.62. The summed E-state index contributed by atoms with van der Waals surface area (Å²) in [5.74, 6) is 0.572. The maximum atomic E-state index is 5.62. The Kier molecular flexibility index (Phi) is 3.78. The first-order valence-electron chi connectivity index (χ1n) is 6.90. The molecule has 5 heteroatoms. The fourth-order valence-electron chi connectivity index (χ4n) is 2.47. The van der Waals surface area contributed by atoms with Crippen molar-refractivity contribution in [2.45, 2.75) is 6.54 Å². The monoisotopic (exact) mass is 269 g/mol. The van der Waals surface area contributed by atoms with E-state index in [0.29, 0.717) is 5.82 Å². The molecule has 1 saturated heterocycles. The number of nitrogens with two attached hydrogens (primary N) is 1. The van der Waals surface area contributed by atoms with Crippen LogP contribution in [0, 0.1) is 0 Å². The van der Waals surface area contributed by atoms with E-state index in [1.807, 2.05) is 36.7 Å². The molecule has 20 heavy (non-hydrogen) atoms. The normalized spacial score (nSPS) is 16.3. The van der Waals surface area contributed by atoms with Crippen molar-refractivity contribution in [1.29, 1.82) is 0 Å². The van der Waals surface area contributed by atoms with E-state index >= 15 is 0 Å². The molecule has 1 aliphatic rings. The molecule has 1 fully saturated rings. The van der Waals surface area contributed by atoms with Crippen LogP contribution < -0.4 is 10.6 Å². The summed E-state index contributed by atoms with van der Waals surface area (Å²) >= 11 is 0. The predicted octanol–water partition coefficient (Wildman–Crippen LogP) is 1.38. The van der Waals surface area contributed by atoms with Gasteiger partial charge in [0, 0.05) is 38.9 Å². The molecule has 0 unspecified atom stereocenters. The molecule has 3 heterocycles. The van der Waals surface area contributed by atoms with E-state index in [4.69, 9.17) is 5.73 Å². The SMILES string of the molecule is Nc1ccc(N2CCN(Cc3ccccn3)CC2)cn1. The van der Waals surface area contributed by atoms with Crippen LogP contribution in [0.2, 0.25) is 0 Å². The lowest BCUT2D eigenvalue weighted by atomic mass is 10.2. The maximum Gasteiger partial charge on any atom is 0.123 e. The summed E-state index contributed by atoms with van der Waals surface area (Å²) in [6.07, 6.45) is 3.70. The largest absolute Gasteiger partial charge is 0.384 e. The second-order valence-corrected chi connectivity index (χ2v) is 5.03. The van der Waals surface area contributed by atoms with Crippen LogP contribution in [0.15, 0.2) is 42.7 Å². The van der Waals surface area contributed by atoms with Gasteiger partial charge in [0.1, 0.15) is 5.82 Å². The molecule has 0 spiro atoms. The average Bonchev–Trinajstić information content (AvgIpc) is 2.50. The molecule has 3 rings (SSSR count). The minimum atomic E-state index is 0.572. The van der Waals surface area contributed by atoms with Gasteiger partial charge in [0.25, 0.3) is 0 Å². The number of hydrogen-bond acceptors (Lipinski definition) is 5. The Morgan fingerprint density at radius 1 is 1.00 bits per heavy atom. The quantitative estimate of drug-likeness (QED) is 0.912. The van der Waals surface area contributed by atoms with E-state index < -0.39 is 0 Å². The van der Waals surface area contributed by atoms with Gasteiger partial charge in [-0.05, 0) is 24.3 Å². The molecule has 0 aliphatic carbocycles. The number of nitrogen functional groups attached to an aromatic ring is 1. The number of hydrogen-bond donors (Lipinski definition) is 1. The topological polar surface area (TPSA) is 58.3 Å². The average molecular weight is 269 g/mol. The molecule has 0 bridgehead atoms. The highest BCUT2D eigenvalue weighted by Crippen LogP contribution is 2.16. The van der Waals surface area contributed by atoms with E-state index in [1.54, 1.807) is 0 Å². The molecular formula is C15H19N5. The van der Waals surface area contributed by atoms with E-state index in [2.05, 4.69) is 25.8 Å². The van der Waals surface area contributed by atoms with Crippen LogP contribution in [0.4, 0.5) is 11.5 Å². The molecule has 0 saturated carbocycles. The number of pyridine rings is 2. The van der Waals surface area contributed by atoms with Gasteiger partial charge in [0.15, 0.2) is 0 Å². The predicted molar refractivity (Wildman–Crippen MR) is 80.4 cm³/mol. The lowest BCUT2D eigenvalue weighted by Gasteiger charge is -2.35. The summed E-state index contributed by atoms with van der Waals surface area (Å²) in [4.78, 5) is 13.3.